The molecule has 4 aliphatic rings. The molecule has 4 rings (SSSR count). The van der Waals surface area contributed by atoms with E-state index in [9.17, 15) is 19.2 Å². The molecule has 0 unspecified atom stereocenters. The van der Waals surface area contributed by atoms with Crippen LogP contribution in [0.1, 0.15) is 73.1 Å². The number of esters is 1. The molecule has 4 saturated carbocycles. The SMILES string of the molecule is CC(C)[C@H](NC(=O)C12CC3CC(CC(C3)C1)C2)C(=O)OCC(=O)NC(=O)NC(C)(C)C. The number of hydrogen-bond donors (Lipinski definition) is 3. The van der Waals surface area contributed by atoms with E-state index in [1.54, 1.807) is 20.8 Å². The second kappa shape index (κ2) is 8.79. The summed E-state index contributed by atoms with van der Waals surface area (Å²) in [6.07, 6.45) is 6.45. The number of urea groups is 1. The van der Waals surface area contributed by atoms with Crippen molar-refractivity contribution in [3.05, 3.63) is 0 Å². The Hall–Kier alpha value is -2.12. The summed E-state index contributed by atoms with van der Waals surface area (Å²) in [5.74, 6) is 0.288. The van der Waals surface area contributed by atoms with Gasteiger partial charge in [0.1, 0.15) is 6.04 Å². The van der Waals surface area contributed by atoms with Crippen molar-refractivity contribution in [2.45, 2.75) is 84.7 Å². The molecule has 0 aromatic rings. The monoisotopic (exact) mass is 435 g/mol. The second-order valence-corrected chi connectivity index (χ2v) is 11.3. The standard InChI is InChI=1S/C23H37N3O5/c1-13(2)18(19(28)31-12-17(27)24-21(30)26-22(3,4)5)25-20(29)23-9-14-6-15(10-23)8-16(7-14)11-23/h13-16,18H,6-12H2,1-5H3,(H,25,29)(H2,24,26,27,30)/t14?,15?,16?,18-,23?/m0/s1. The van der Waals surface area contributed by atoms with E-state index in [1.807, 2.05) is 13.8 Å². The lowest BCUT2D eigenvalue weighted by Gasteiger charge is -2.55. The molecule has 0 aromatic carbocycles. The lowest BCUT2D eigenvalue weighted by Crippen LogP contribution is -2.57. The Morgan fingerprint density at radius 1 is 0.968 bits per heavy atom. The molecule has 8 nitrogen and oxygen atoms in total. The van der Waals surface area contributed by atoms with E-state index >= 15 is 0 Å². The van der Waals surface area contributed by atoms with Gasteiger partial charge in [-0.2, -0.15) is 0 Å². The quantitative estimate of drug-likeness (QED) is 0.555. The van der Waals surface area contributed by atoms with Crippen LogP contribution in [-0.2, 0) is 19.1 Å². The molecule has 4 amide bonds. The van der Waals surface area contributed by atoms with E-state index < -0.39 is 36.1 Å². The van der Waals surface area contributed by atoms with Gasteiger partial charge in [-0.15, -0.1) is 0 Å². The van der Waals surface area contributed by atoms with Crippen LogP contribution in [-0.4, -0.2) is 42.0 Å². The summed E-state index contributed by atoms with van der Waals surface area (Å²) in [4.78, 5) is 49.6. The van der Waals surface area contributed by atoms with Crippen molar-refractivity contribution in [1.29, 1.82) is 0 Å². The zero-order valence-electron chi connectivity index (χ0n) is 19.4. The second-order valence-electron chi connectivity index (χ2n) is 11.3. The smallest absolute Gasteiger partial charge is 0.329 e. The van der Waals surface area contributed by atoms with Crippen LogP contribution >= 0.6 is 0 Å². The molecule has 1 atom stereocenters. The first-order valence-electron chi connectivity index (χ1n) is 11.5. The van der Waals surface area contributed by atoms with E-state index in [1.165, 1.54) is 19.3 Å². The number of ether oxygens (including phenoxy) is 1. The average Bonchev–Trinajstić information content (AvgIpc) is 2.60. The van der Waals surface area contributed by atoms with Gasteiger partial charge >= 0.3 is 12.0 Å². The molecule has 8 heteroatoms. The first-order chi connectivity index (χ1) is 14.4. The third-order valence-electron chi connectivity index (χ3n) is 6.81. The van der Waals surface area contributed by atoms with E-state index in [2.05, 4.69) is 16.0 Å². The zero-order valence-corrected chi connectivity index (χ0v) is 19.4. The highest BCUT2D eigenvalue weighted by atomic mass is 16.5. The average molecular weight is 436 g/mol. The highest BCUT2D eigenvalue weighted by molar-refractivity contribution is 5.96. The maximum atomic E-state index is 13.3. The van der Waals surface area contributed by atoms with Gasteiger partial charge in [0.2, 0.25) is 5.91 Å². The molecule has 0 aliphatic heterocycles. The highest BCUT2D eigenvalue weighted by Gasteiger charge is 2.55. The molecule has 0 spiro atoms. The topological polar surface area (TPSA) is 114 Å². The van der Waals surface area contributed by atoms with Crippen LogP contribution in [0.3, 0.4) is 0 Å². The molecular formula is C23H37N3O5. The van der Waals surface area contributed by atoms with Crippen molar-refractivity contribution in [1.82, 2.24) is 16.0 Å². The van der Waals surface area contributed by atoms with Gasteiger partial charge in [0, 0.05) is 11.0 Å². The minimum absolute atomic E-state index is 0.0451. The largest absolute Gasteiger partial charge is 0.454 e. The van der Waals surface area contributed by atoms with Crippen LogP contribution in [0.2, 0.25) is 0 Å². The van der Waals surface area contributed by atoms with Crippen molar-refractivity contribution in [2.24, 2.45) is 29.1 Å². The molecule has 0 aromatic heterocycles. The molecule has 174 valence electrons. The molecule has 3 N–H and O–H groups in total. The summed E-state index contributed by atoms with van der Waals surface area (Å²) < 4.78 is 5.13. The van der Waals surface area contributed by atoms with Crippen molar-refractivity contribution >= 4 is 23.8 Å². The Morgan fingerprint density at radius 2 is 1.48 bits per heavy atom. The Kier molecular flexibility index (Phi) is 6.67. The molecule has 0 radical (unpaired) electrons. The summed E-state index contributed by atoms with van der Waals surface area (Å²) in [6.45, 7) is 8.46. The highest BCUT2D eigenvalue weighted by Crippen LogP contribution is 2.60. The van der Waals surface area contributed by atoms with Crippen LogP contribution in [0.4, 0.5) is 4.79 Å². The number of nitrogens with one attached hydrogen (secondary N) is 3. The molecule has 31 heavy (non-hydrogen) atoms. The van der Waals surface area contributed by atoms with Crippen LogP contribution in [0, 0.1) is 29.1 Å². The summed E-state index contributed by atoms with van der Waals surface area (Å²) in [5.41, 5.74) is -0.851. The van der Waals surface area contributed by atoms with Gasteiger partial charge in [0.25, 0.3) is 5.91 Å². The fourth-order valence-corrected chi connectivity index (χ4v) is 5.94. The number of imide groups is 1. The third kappa shape index (κ3) is 5.77. The Morgan fingerprint density at radius 3 is 1.94 bits per heavy atom. The maximum Gasteiger partial charge on any atom is 0.329 e. The van der Waals surface area contributed by atoms with Crippen molar-refractivity contribution in [3.63, 3.8) is 0 Å². The molecule has 0 heterocycles. The van der Waals surface area contributed by atoms with Crippen LogP contribution < -0.4 is 16.0 Å². The summed E-state index contributed by atoms with van der Waals surface area (Å²) in [7, 11) is 0. The van der Waals surface area contributed by atoms with Crippen LogP contribution in [0.5, 0.6) is 0 Å². The maximum absolute atomic E-state index is 13.3. The number of carbonyl (C=O) groups is 4. The fourth-order valence-electron chi connectivity index (χ4n) is 5.94. The first-order valence-corrected chi connectivity index (χ1v) is 11.5. The van der Waals surface area contributed by atoms with Gasteiger partial charge in [-0.25, -0.2) is 9.59 Å². The molecule has 4 aliphatic carbocycles. The lowest BCUT2D eigenvalue weighted by atomic mass is 9.49. The van der Waals surface area contributed by atoms with Gasteiger partial charge in [-0.1, -0.05) is 13.8 Å². The predicted octanol–water partition coefficient (Wildman–Crippen LogP) is 2.51. The predicted molar refractivity (Wildman–Crippen MR) is 115 cm³/mol. The zero-order chi connectivity index (χ0) is 23.0. The fraction of sp³-hybridized carbons (Fsp3) is 0.826. The normalized spacial score (nSPS) is 29.9. The van der Waals surface area contributed by atoms with Crippen LogP contribution in [0.15, 0.2) is 0 Å². The third-order valence-corrected chi connectivity index (χ3v) is 6.81. The van der Waals surface area contributed by atoms with Crippen molar-refractivity contribution in [3.8, 4) is 0 Å². The Balaban J connectivity index is 1.53. The first kappa shape index (κ1) is 23.5. The van der Waals surface area contributed by atoms with Crippen molar-refractivity contribution in [2.75, 3.05) is 6.61 Å². The van der Waals surface area contributed by atoms with E-state index in [0.29, 0.717) is 17.8 Å². The summed E-state index contributed by atoms with van der Waals surface area (Å²) >= 11 is 0. The minimum atomic E-state index is -0.822. The van der Waals surface area contributed by atoms with Gasteiger partial charge in [0.15, 0.2) is 6.61 Å². The van der Waals surface area contributed by atoms with Crippen molar-refractivity contribution < 1.29 is 23.9 Å². The molecule has 4 fully saturated rings. The van der Waals surface area contributed by atoms with E-state index in [4.69, 9.17) is 4.74 Å². The number of rotatable bonds is 6. The summed E-state index contributed by atoms with van der Waals surface area (Å²) in [5, 5.41) is 7.68. The molecule has 0 saturated heterocycles. The number of hydrogen-bond acceptors (Lipinski definition) is 5. The van der Waals surface area contributed by atoms with E-state index in [0.717, 1.165) is 19.3 Å². The molecule has 4 bridgehead atoms. The number of amides is 4. The summed E-state index contributed by atoms with van der Waals surface area (Å²) in [6, 6.07) is -1.47. The van der Waals surface area contributed by atoms with Gasteiger partial charge in [0.05, 0.1) is 0 Å². The number of carbonyl (C=O) groups excluding carboxylic acids is 4. The Labute approximate surface area is 184 Å². The molecular weight excluding hydrogens is 398 g/mol. The van der Waals surface area contributed by atoms with Crippen LogP contribution in [0.25, 0.3) is 0 Å². The van der Waals surface area contributed by atoms with Gasteiger partial charge < -0.3 is 15.4 Å². The lowest BCUT2D eigenvalue weighted by molar-refractivity contribution is -0.157. The Bertz CT molecular complexity index is 705. The minimum Gasteiger partial charge on any atom is -0.454 e. The van der Waals surface area contributed by atoms with Gasteiger partial charge in [-0.3, -0.25) is 14.9 Å². The van der Waals surface area contributed by atoms with Gasteiger partial charge in [-0.05, 0) is 83.0 Å². The van der Waals surface area contributed by atoms with E-state index in [-0.39, 0.29) is 17.2 Å².